The first-order chi connectivity index (χ1) is 12.7. The Morgan fingerprint density at radius 1 is 1.08 bits per heavy atom. The van der Waals surface area contributed by atoms with Crippen molar-refractivity contribution in [3.8, 4) is 0 Å². The minimum absolute atomic E-state index is 0.113. The first kappa shape index (κ1) is 16.8. The first-order valence-corrected chi connectivity index (χ1v) is 9.35. The Hall–Kier alpha value is -2.69. The zero-order valence-corrected chi connectivity index (χ0v) is 15.1. The number of rotatable bonds is 4. The van der Waals surface area contributed by atoms with Gasteiger partial charge < -0.3 is 4.90 Å². The van der Waals surface area contributed by atoms with Crippen molar-refractivity contribution in [3.05, 3.63) is 65.6 Å². The Morgan fingerprint density at radius 3 is 2.62 bits per heavy atom. The van der Waals surface area contributed by atoms with Gasteiger partial charge in [-0.1, -0.05) is 30.3 Å². The van der Waals surface area contributed by atoms with Crippen LogP contribution in [-0.2, 0) is 6.42 Å². The van der Waals surface area contributed by atoms with Gasteiger partial charge in [0.15, 0.2) is 5.65 Å². The van der Waals surface area contributed by atoms with Crippen molar-refractivity contribution in [1.82, 2.24) is 19.5 Å². The third-order valence-electron chi connectivity index (χ3n) is 5.41. The van der Waals surface area contributed by atoms with Crippen molar-refractivity contribution >= 4 is 11.6 Å². The van der Waals surface area contributed by atoms with Crippen LogP contribution in [0.5, 0.6) is 0 Å². The Balaban J connectivity index is 1.34. The van der Waals surface area contributed by atoms with Gasteiger partial charge in [0, 0.05) is 19.3 Å². The molecule has 1 aliphatic rings. The third-order valence-corrected chi connectivity index (χ3v) is 5.41. The molecule has 1 saturated heterocycles. The summed E-state index contributed by atoms with van der Waals surface area (Å²) < 4.78 is 1.87. The van der Waals surface area contributed by atoms with Crippen LogP contribution in [0, 0.1) is 12.8 Å². The lowest BCUT2D eigenvalue weighted by atomic mass is 9.90. The highest BCUT2D eigenvalue weighted by Gasteiger charge is 2.24. The fourth-order valence-corrected chi connectivity index (χ4v) is 3.75. The van der Waals surface area contributed by atoms with E-state index in [4.69, 9.17) is 0 Å². The summed E-state index contributed by atoms with van der Waals surface area (Å²) in [6.45, 7) is 3.58. The normalized spacial score (nSPS) is 15.5. The summed E-state index contributed by atoms with van der Waals surface area (Å²) in [5.74, 6) is 1.62. The van der Waals surface area contributed by atoms with Gasteiger partial charge in [0.05, 0.1) is 5.56 Å². The lowest BCUT2D eigenvalue weighted by molar-refractivity contribution is 0.0686. The van der Waals surface area contributed by atoms with Gasteiger partial charge in [-0.05, 0) is 56.2 Å². The van der Waals surface area contributed by atoms with Gasteiger partial charge in [0.2, 0.25) is 0 Å². The number of likely N-dealkylation sites (tertiary alicyclic amines) is 1. The number of piperidine rings is 1. The van der Waals surface area contributed by atoms with E-state index in [9.17, 15) is 4.79 Å². The number of fused-ring (bicyclic) bond motifs is 1. The van der Waals surface area contributed by atoms with Crippen LogP contribution in [0.2, 0.25) is 0 Å². The van der Waals surface area contributed by atoms with Crippen molar-refractivity contribution in [2.45, 2.75) is 32.6 Å². The van der Waals surface area contributed by atoms with E-state index >= 15 is 0 Å². The summed E-state index contributed by atoms with van der Waals surface area (Å²) in [6, 6.07) is 14.4. The summed E-state index contributed by atoms with van der Waals surface area (Å²) in [5, 5.41) is 8.13. The number of amides is 1. The second-order valence-corrected chi connectivity index (χ2v) is 7.15. The highest BCUT2D eigenvalue weighted by molar-refractivity contribution is 5.94. The number of carbonyl (C=O) groups excluding carboxylic acids is 1. The van der Waals surface area contributed by atoms with Crippen LogP contribution >= 0.6 is 0 Å². The topological polar surface area (TPSA) is 50.5 Å². The van der Waals surface area contributed by atoms with Crippen molar-refractivity contribution in [3.63, 3.8) is 0 Å². The summed E-state index contributed by atoms with van der Waals surface area (Å²) in [7, 11) is 0. The molecule has 0 N–H and O–H groups in total. The SMILES string of the molecule is Cc1nnc2ccc(C(=O)N3CCC(CCc4ccccc4)CC3)cn12. The molecular formula is C21H24N4O. The summed E-state index contributed by atoms with van der Waals surface area (Å²) in [4.78, 5) is 14.8. The summed E-state index contributed by atoms with van der Waals surface area (Å²) >= 11 is 0. The molecule has 5 nitrogen and oxygen atoms in total. The van der Waals surface area contributed by atoms with Crippen LogP contribution in [0.25, 0.3) is 5.65 Å². The summed E-state index contributed by atoms with van der Waals surface area (Å²) in [5.41, 5.74) is 2.89. The van der Waals surface area contributed by atoms with Gasteiger partial charge in [-0.25, -0.2) is 0 Å². The largest absolute Gasteiger partial charge is 0.339 e. The third kappa shape index (κ3) is 3.47. The molecule has 1 aromatic carbocycles. The standard InChI is InChI=1S/C21H24N4O/c1-16-22-23-20-10-9-19(15-25(16)20)21(26)24-13-11-18(12-14-24)8-7-17-5-3-2-4-6-17/h2-6,9-10,15,18H,7-8,11-14H2,1H3. The van der Waals surface area contributed by atoms with E-state index in [1.54, 1.807) is 0 Å². The molecule has 0 unspecified atom stereocenters. The smallest absolute Gasteiger partial charge is 0.255 e. The maximum atomic E-state index is 12.8. The Kier molecular flexibility index (Phi) is 4.69. The number of aryl methyl sites for hydroxylation is 2. The minimum atomic E-state index is 0.113. The van der Waals surface area contributed by atoms with Crippen molar-refractivity contribution in [1.29, 1.82) is 0 Å². The number of nitrogens with zero attached hydrogens (tertiary/aromatic N) is 4. The molecule has 3 heterocycles. The number of aromatic nitrogens is 3. The average Bonchev–Trinajstić information content (AvgIpc) is 3.07. The molecular weight excluding hydrogens is 324 g/mol. The first-order valence-electron chi connectivity index (χ1n) is 9.35. The molecule has 0 radical (unpaired) electrons. The fourth-order valence-electron chi connectivity index (χ4n) is 3.75. The molecule has 0 bridgehead atoms. The maximum Gasteiger partial charge on any atom is 0.255 e. The predicted molar refractivity (Wildman–Crippen MR) is 101 cm³/mol. The number of benzene rings is 1. The number of hydrogen-bond acceptors (Lipinski definition) is 3. The second kappa shape index (κ2) is 7.28. The minimum Gasteiger partial charge on any atom is -0.339 e. The number of pyridine rings is 1. The van der Waals surface area contributed by atoms with Crippen LogP contribution in [0.15, 0.2) is 48.7 Å². The molecule has 1 amide bonds. The van der Waals surface area contributed by atoms with Gasteiger partial charge in [-0.3, -0.25) is 9.20 Å². The van der Waals surface area contributed by atoms with Gasteiger partial charge in [0.1, 0.15) is 5.82 Å². The molecule has 0 spiro atoms. The van der Waals surface area contributed by atoms with Crippen LogP contribution < -0.4 is 0 Å². The fraction of sp³-hybridized carbons (Fsp3) is 0.381. The Labute approximate surface area is 153 Å². The van der Waals surface area contributed by atoms with E-state index in [0.717, 1.165) is 43.8 Å². The Morgan fingerprint density at radius 2 is 1.85 bits per heavy atom. The maximum absolute atomic E-state index is 12.8. The lowest BCUT2D eigenvalue weighted by Gasteiger charge is -2.32. The molecule has 2 aromatic heterocycles. The van der Waals surface area contributed by atoms with Crippen LogP contribution in [0.4, 0.5) is 0 Å². The van der Waals surface area contributed by atoms with Gasteiger partial charge >= 0.3 is 0 Å². The van der Waals surface area contributed by atoms with E-state index in [0.29, 0.717) is 11.5 Å². The summed E-state index contributed by atoms with van der Waals surface area (Å²) in [6.07, 6.45) is 6.37. The van der Waals surface area contributed by atoms with Gasteiger partial charge in [-0.2, -0.15) is 0 Å². The molecule has 3 aromatic rings. The van der Waals surface area contributed by atoms with E-state index < -0.39 is 0 Å². The molecule has 5 heteroatoms. The van der Waals surface area contributed by atoms with E-state index in [1.165, 1.54) is 12.0 Å². The van der Waals surface area contributed by atoms with Crippen LogP contribution in [0.3, 0.4) is 0 Å². The van der Waals surface area contributed by atoms with Crippen LogP contribution in [0.1, 0.15) is 41.0 Å². The second-order valence-electron chi connectivity index (χ2n) is 7.15. The van der Waals surface area contributed by atoms with Crippen molar-refractivity contribution < 1.29 is 4.79 Å². The number of carbonyl (C=O) groups is 1. The molecule has 0 aliphatic carbocycles. The molecule has 26 heavy (non-hydrogen) atoms. The monoisotopic (exact) mass is 348 g/mol. The average molecular weight is 348 g/mol. The van der Waals surface area contributed by atoms with Gasteiger partial charge in [0.25, 0.3) is 5.91 Å². The molecule has 1 aliphatic heterocycles. The quantitative estimate of drug-likeness (QED) is 0.725. The molecule has 1 fully saturated rings. The Bertz CT molecular complexity index is 895. The van der Waals surface area contributed by atoms with Crippen molar-refractivity contribution in [2.24, 2.45) is 5.92 Å². The molecule has 0 atom stereocenters. The van der Waals surface area contributed by atoms with Crippen molar-refractivity contribution in [2.75, 3.05) is 13.1 Å². The van der Waals surface area contributed by atoms with Gasteiger partial charge in [-0.15, -0.1) is 10.2 Å². The van der Waals surface area contributed by atoms with E-state index in [1.807, 2.05) is 34.6 Å². The lowest BCUT2D eigenvalue weighted by Crippen LogP contribution is -2.38. The number of hydrogen-bond donors (Lipinski definition) is 0. The van der Waals surface area contributed by atoms with E-state index in [-0.39, 0.29) is 5.91 Å². The predicted octanol–water partition coefficient (Wildman–Crippen LogP) is 3.52. The van der Waals surface area contributed by atoms with E-state index in [2.05, 4.69) is 40.5 Å². The van der Waals surface area contributed by atoms with Crippen LogP contribution in [-0.4, -0.2) is 38.5 Å². The molecule has 134 valence electrons. The molecule has 4 rings (SSSR count). The highest BCUT2D eigenvalue weighted by Crippen LogP contribution is 2.23. The zero-order valence-electron chi connectivity index (χ0n) is 15.1. The zero-order chi connectivity index (χ0) is 17.9. The molecule has 0 saturated carbocycles. The highest BCUT2D eigenvalue weighted by atomic mass is 16.2.